The van der Waals surface area contributed by atoms with Gasteiger partial charge in [0.25, 0.3) is 5.91 Å². The molecule has 3 rings (SSSR count). The molecule has 0 atom stereocenters. The molecule has 0 fully saturated rings. The molecule has 29 heavy (non-hydrogen) atoms. The molecule has 0 unspecified atom stereocenters. The fraction of sp³-hybridized carbons (Fsp3) is 0.211. The average molecular weight is 423 g/mol. The monoisotopic (exact) mass is 422 g/mol. The van der Waals surface area contributed by atoms with Crippen molar-refractivity contribution in [2.75, 3.05) is 0 Å². The second-order valence-corrected chi connectivity index (χ2v) is 7.03. The largest absolute Gasteiger partial charge is 0.487 e. The van der Waals surface area contributed by atoms with Gasteiger partial charge in [0.2, 0.25) is 5.91 Å². The van der Waals surface area contributed by atoms with E-state index in [1.165, 1.54) is 36.4 Å². The first-order valence-electron chi connectivity index (χ1n) is 8.49. The van der Waals surface area contributed by atoms with Crippen LogP contribution in [0.3, 0.4) is 0 Å². The number of nitrogens with two attached hydrogens (primary N) is 2. The number of halogens is 3. The second-order valence-electron chi connectivity index (χ2n) is 6.59. The molecule has 4 N–H and O–H groups in total. The highest BCUT2D eigenvalue weighted by molar-refractivity contribution is 6.20. The molecule has 0 bridgehead atoms. The van der Waals surface area contributed by atoms with Crippen LogP contribution in [0.5, 0.6) is 5.75 Å². The molecule has 152 valence electrons. The van der Waals surface area contributed by atoms with E-state index in [0.29, 0.717) is 22.4 Å². The van der Waals surface area contributed by atoms with E-state index in [4.69, 9.17) is 23.1 Å². The fourth-order valence-electron chi connectivity index (χ4n) is 3.07. The third kappa shape index (κ3) is 4.14. The standard InChI is InChI=1S/C19H17ClF2N4O3/c1-9(2)26-15-13(17(24)28)7-11(16(23)27)8-14(15)25-18(26)10-3-5-12(6-4-10)29-19(20,21)22/h3-9H,1-2H3,(H2,23,27)(H2,24,28). The first-order valence-corrected chi connectivity index (χ1v) is 8.87. The number of fused-ring (bicyclic) bond motifs is 1. The quantitative estimate of drug-likeness (QED) is 0.590. The molecular formula is C19H17ClF2N4O3. The van der Waals surface area contributed by atoms with E-state index in [1.807, 2.05) is 13.8 Å². The van der Waals surface area contributed by atoms with Gasteiger partial charge in [-0.05, 0) is 50.2 Å². The molecule has 1 heterocycles. The predicted molar refractivity (Wildman–Crippen MR) is 104 cm³/mol. The van der Waals surface area contributed by atoms with Crippen molar-refractivity contribution in [3.05, 3.63) is 47.5 Å². The van der Waals surface area contributed by atoms with Crippen molar-refractivity contribution in [2.45, 2.75) is 25.5 Å². The smallest absolute Gasteiger partial charge is 0.420 e. The summed E-state index contributed by atoms with van der Waals surface area (Å²) in [5.41, 5.74) is 8.59. The summed E-state index contributed by atoms with van der Waals surface area (Å²) in [5.74, 6) is -1.14. The summed E-state index contributed by atoms with van der Waals surface area (Å²) in [6.45, 7) is 3.76. The van der Waals surface area contributed by atoms with E-state index >= 15 is 0 Å². The molecule has 0 aliphatic rings. The highest BCUT2D eigenvalue weighted by Crippen LogP contribution is 2.33. The van der Waals surface area contributed by atoms with Gasteiger partial charge in [-0.25, -0.2) is 4.98 Å². The predicted octanol–water partition coefficient (Wildman–Crippen LogP) is 3.65. The van der Waals surface area contributed by atoms with E-state index in [2.05, 4.69) is 9.72 Å². The fourth-order valence-corrected chi connectivity index (χ4v) is 3.16. The van der Waals surface area contributed by atoms with Gasteiger partial charge in [-0.2, -0.15) is 0 Å². The first kappa shape index (κ1) is 20.5. The van der Waals surface area contributed by atoms with Crippen LogP contribution in [0.4, 0.5) is 8.78 Å². The van der Waals surface area contributed by atoms with Gasteiger partial charge in [0.05, 0.1) is 16.6 Å². The molecule has 2 aromatic carbocycles. The Morgan fingerprint density at radius 1 is 1.14 bits per heavy atom. The highest BCUT2D eigenvalue weighted by atomic mass is 35.5. The Bertz CT molecular complexity index is 1110. The number of rotatable bonds is 6. The minimum Gasteiger partial charge on any atom is -0.420 e. The Kier molecular flexibility index (Phi) is 5.18. The molecule has 1 aromatic heterocycles. The molecule has 0 aliphatic heterocycles. The van der Waals surface area contributed by atoms with Crippen LogP contribution in [-0.4, -0.2) is 26.9 Å². The number of primary amides is 2. The summed E-state index contributed by atoms with van der Waals surface area (Å²) in [6, 6.07) is 8.34. The topological polar surface area (TPSA) is 113 Å². The van der Waals surface area contributed by atoms with E-state index in [0.717, 1.165) is 0 Å². The number of imidazole rings is 1. The number of aromatic nitrogens is 2. The molecule has 0 radical (unpaired) electrons. The van der Waals surface area contributed by atoms with Crippen LogP contribution >= 0.6 is 11.6 Å². The lowest BCUT2D eigenvalue weighted by molar-refractivity contribution is -0.0964. The maximum atomic E-state index is 12.8. The third-order valence-electron chi connectivity index (χ3n) is 4.20. The number of alkyl halides is 3. The van der Waals surface area contributed by atoms with Crippen LogP contribution < -0.4 is 16.2 Å². The molecule has 0 saturated carbocycles. The van der Waals surface area contributed by atoms with Crippen molar-refractivity contribution < 1.29 is 23.1 Å². The molecule has 0 aliphatic carbocycles. The van der Waals surface area contributed by atoms with Gasteiger partial charge in [0.15, 0.2) is 0 Å². The summed E-state index contributed by atoms with van der Waals surface area (Å²) < 4.78 is 31.7. The van der Waals surface area contributed by atoms with Gasteiger partial charge >= 0.3 is 5.57 Å². The summed E-state index contributed by atoms with van der Waals surface area (Å²) in [6.07, 6.45) is 0. The lowest BCUT2D eigenvalue weighted by atomic mass is 10.1. The maximum absolute atomic E-state index is 12.8. The van der Waals surface area contributed by atoms with Crippen molar-refractivity contribution in [3.8, 4) is 17.1 Å². The van der Waals surface area contributed by atoms with Crippen molar-refractivity contribution >= 4 is 34.4 Å². The SMILES string of the molecule is CC(C)n1c(-c2ccc(OC(F)(F)Cl)cc2)nc2cc(C(N)=O)cc(C(N)=O)c21. The number of hydrogen-bond donors (Lipinski definition) is 2. The molecule has 3 aromatic rings. The number of benzene rings is 2. The minimum absolute atomic E-state index is 0.0966. The van der Waals surface area contributed by atoms with Gasteiger partial charge in [-0.3, -0.25) is 9.59 Å². The summed E-state index contributed by atoms with van der Waals surface area (Å²) in [5, 5.41) is 0. The highest BCUT2D eigenvalue weighted by Gasteiger charge is 2.28. The Labute approximate surface area is 169 Å². The Morgan fingerprint density at radius 2 is 1.76 bits per heavy atom. The molecule has 0 saturated heterocycles. The van der Waals surface area contributed by atoms with Crippen LogP contribution in [0, 0.1) is 0 Å². The van der Waals surface area contributed by atoms with Gasteiger partial charge in [-0.15, -0.1) is 8.78 Å². The third-order valence-corrected chi connectivity index (χ3v) is 4.27. The van der Waals surface area contributed by atoms with Gasteiger partial charge in [0, 0.05) is 28.8 Å². The van der Waals surface area contributed by atoms with Crippen LogP contribution in [-0.2, 0) is 0 Å². The molecule has 10 heteroatoms. The number of carbonyl (C=O) groups is 2. The van der Waals surface area contributed by atoms with Crippen LogP contribution in [0.25, 0.3) is 22.4 Å². The van der Waals surface area contributed by atoms with Crippen LogP contribution in [0.2, 0.25) is 0 Å². The van der Waals surface area contributed by atoms with Crippen molar-refractivity contribution in [3.63, 3.8) is 0 Å². The zero-order valence-corrected chi connectivity index (χ0v) is 16.2. The van der Waals surface area contributed by atoms with Gasteiger partial charge in [0.1, 0.15) is 11.6 Å². The normalized spacial score (nSPS) is 11.8. The van der Waals surface area contributed by atoms with E-state index < -0.39 is 17.4 Å². The molecular weight excluding hydrogens is 406 g/mol. The van der Waals surface area contributed by atoms with Crippen LogP contribution in [0.1, 0.15) is 40.6 Å². The lowest BCUT2D eigenvalue weighted by Gasteiger charge is -2.15. The lowest BCUT2D eigenvalue weighted by Crippen LogP contribution is -2.17. The second kappa shape index (κ2) is 7.32. The Balaban J connectivity index is 2.23. The number of ether oxygens (including phenoxy) is 1. The zero-order chi connectivity index (χ0) is 21.5. The van der Waals surface area contributed by atoms with Crippen molar-refractivity contribution in [1.29, 1.82) is 0 Å². The minimum atomic E-state index is -3.83. The Morgan fingerprint density at radius 3 is 2.24 bits per heavy atom. The maximum Gasteiger partial charge on any atom is 0.487 e. The van der Waals surface area contributed by atoms with E-state index in [-0.39, 0.29) is 22.9 Å². The zero-order valence-electron chi connectivity index (χ0n) is 15.4. The molecule has 0 spiro atoms. The van der Waals surface area contributed by atoms with E-state index in [1.54, 1.807) is 4.57 Å². The number of carbonyl (C=O) groups excluding carboxylic acids is 2. The number of hydrogen-bond acceptors (Lipinski definition) is 4. The van der Waals surface area contributed by atoms with Gasteiger partial charge in [-0.1, -0.05) is 0 Å². The van der Waals surface area contributed by atoms with Gasteiger partial charge < -0.3 is 20.8 Å². The first-order chi connectivity index (χ1) is 13.5. The summed E-state index contributed by atoms with van der Waals surface area (Å²) in [4.78, 5) is 28.2. The number of nitrogens with zero attached hydrogens (tertiary/aromatic N) is 2. The Hall–Kier alpha value is -3.20. The molecule has 7 nitrogen and oxygen atoms in total. The van der Waals surface area contributed by atoms with Crippen molar-refractivity contribution in [1.82, 2.24) is 9.55 Å². The van der Waals surface area contributed by atoms with Crippen LogP contribution in [0.15, 0.2) is 36.4 Å². The summed E-state index contributed by atoms with van der Waals surface area (Å²) in [7, 11) is 0. The number of amides is 2. The molecule has 2 amide bonds. The van der Waals surface area contributed by atoms with E-state index in [9.17, 15) is 18.4 Å². The summed E-state index contributed by atoms with van der Waals surface area (Å²) >= 11 is 4.78. The van der Waals surface area contributed by atoms with Crippen molar-refractivity contribution in [2.24, 2.45) is 11.5 Å². The average Bonchev–Trinajstić information content (AvgIpc) is 2.99.